The van der Waals surface area contributed by atoms with Gasteiger partial charge in [-0.2, -0.15) is 0 Å². The molecule has 0 radical (unpaired) electrons. The molecule has 2 fully saturated rings. The zero-order valence-corrected chi connectivity index (χ0v) is 14.7. The van der Waals surface area contributed by atoms with E-state index in [9.17, 15) is 4.79 Å². The smallest absolute Gasteiger partial charge is 0.222 e. The molecule has 1 saturated carbocycles. The van der Waals surface area contributed by atoms with Crippen LogP contribution in [0.5, 0.6) is 0 Å². The fourth-order valence-electron chi connectivity index (χ4n) is 5.45. The molecule has 1 unspecified atom stereocenters. The Balaban J connectivity index is 1.51. The van der Waals surface area contributed by atoms with Crippen molar-refractivity contribution >= 4 is 5.91 Å². The number of rotatable bonds is 2. The number of piperidine rings is 1. The number of hydrogen-bond acceptors (Lipinski definition) is 2. The van der Waals surface area contributed by atoms with Crippen molar-refractivity contribution in [3.8, 4) is 0 Å². The summed E-state index contributed by atoms with van der Waals surface area (Å²) in [6.45, 7) is 1.86. The fourth-order valence-corrected chi connectivity index (χ4v) is 5.45. The standard InChI is InChI=1S/C21H30N2O/c22-19-10-3-7-17(19)14-20(24)23-13-5-12-21(15-23)11-4-8-16-6-1-2-9-18(16)21/h1-2,6,9,17,19H,3-5,7-8,10-15,22H2/t17-,19+,21?/m0/s1. The topological polar surface area (TPSA) is 46.3 Å². The second-order valence-electron chi connectivity index (χ2n) is 8.27. The van der Waals surface area contributed by atoms with E-state index in [1.165, 1.54) is 43.2 Å². The minimum Gasteiger partial charge on any atom is -0.342 e. The molecule has 1 aliphatic heterocycles. The van der Waals surface area contributed by atoms with Crippen molar-refractivity contribution in [2.75, 3.05) is 13.1 Å². The van der Waals surface area contributed by atoms with Gasteiger partial charge >= 0.3 is 0 Å². The number of nitrogens with zero attached hydrogens (tertiary/aromatic N) is 1. The highest BCUT2D eigenvalue weighted by Gasteiger charge is 2.41. The Morgan fingerprint density at radius 3 is 2.83 bits per heavy atom. The summed E-state index contributed by atoms with van der Waals surface area (Å²) >= 11 is 0. The Labute approximate surface area is 145 Å². The first kappa shape index (κ1) is 16.1. The molecule has 1 aromatic carbocycles. The molecule has 1 saturated heterocycles. The van der Waals surface area contributed by atoms with Gasteiger partial charge in [0.15, 0.2) is 0 Å². The predicted octanol–water partition coefficient (Wildman–Crippen LogP) is 3.40. The normalized spacial score (nSPS) is 32.8. The van der Waals surface area contributed by atoms with Gasteiger partial charge in [0.1, 0.15) is 0 Å². The highest BCUT2D eigenvalue weighted by atomic mass is 16.2. The lowest BCUT2D eigenvalue weighted by atomic mass is 9.66. The molecule has 3 nitrogen and oxygen atoms in total. The third kappa shape index (κ3) is 2.88. The van der Waals surface area contributed by atoms with Crippen LogP contribution >= 0.6 is 0 Å². The van der Waals surface area contributed by atoms with E-state index in [0.29, 0.717) is 18.2 Å². The number of benzene rings is 1. The second kappa shape index (κ2) is 6.51. The van der Waals surface area contributed by atoms with Crippen LogP contribution in [0.1, 0.15) is 62.5 Å². The monoisotopic (exact) mass is 326 g/mol. The first-order chi connectivity index (χ1) is 11.7. The number of nitrogens with two attached hydrogens (primary N) is 1. The lowest BCUT2D eigenvalue weighted by molar-refractivity contribution is -0.134. The molecule has 1 aromatic rings. The van der Waals surface area contributed by atoms with Gasteiger partial charge < -0.3 is 10.6 Å². The maximum Gasteiger partial charge on any atom is 0.222 e. The molecule has 2 N–H and O–H groups in total. The minimum absolute atomic E-state index is 0.209. The van der Waals surface area contributed by atoms with Crippen molar-refractivity contribution < 1.29 is 4.79 Å². The number of aryl methyl sites for hydroxylation is 1. The molecule has 0 aromatic heterocycles. The third-order valence-corrected chi connectivity index (χ3v) is 6.77. The zero-order valence-electron chi connectivity index (χ0n) is 14.7. The molecule has 2 aliphatic carbocycles. The van der Waals surface area contributed by atoms with E-state index >= 15 is 0 Å². The van der Waals surface area contributed by atoms with Crippen LogP contribution in [0.4, 0.5) is 0 Å². The van der Waals surface area contributed by atoms with Gasteiger partial charge in [-0.3, -0.25) is 4.79 Å². The van der Waals surface area contributed by atoms with E-state index in [1.807, 2.05) is 0 Å². The van der Waals surface area contributed by atoms with Crippen LogP contribution in [-0.2, 0) is 16.6 Å². The van der Waals surface area contributed by atoms with E-state index in [0.717, 1.165) is 32.4 Å². The molecule has 1 spiro atoms. The van der Waals surface area contributed by atoms with Gasteiger partial charge in [0.25, 0.3) is 0 Å². The lowest BCUT2D eigenvalue weighted by Gasteiger charge is -2.46. The number of hydrogen-bond donors (Lipinski definition) is 1. The van der Waals surface area contributed by atoms with Gasteiger partial charge in [0, 0.05) is 31.0 Å². The van der Waals surface area contributed by atoms with Crippen molar-refractivity contribution in [3.05, 3.63) is 35.4 Å². The van der Waals surface area contributed by atoms with Gasteiger partial charge in [0.05, 0.1) is 0 Å². The molecule has 4 rings (SSSR count). The van der Waals surface area contributed by atoms with Crippen LogP contribution < -0.4 is 5.73 Å². The van der Waals surface area contributed by atoms with E-state index < -0.39 is 0 Å². The van der Waals surface area contributed by atoms with E-state index in [1.54, 1.807) is 0 Å². The van der Waals surface area contributed by atoms with Crippen LogP contribution in [-0.4, -0.2) is 29.9 Å². The Bertz CT molecular complexity index is 614. The number of carbonyl (C=O) groups excluding carboxylic acids is 1. The van der Waals surface area contributed by atoms with Crippen molar-refractivity contribution in [2.24, 2.45) is 11.7 Å². The largest absolute Gasteiger partial charge is 0.342 e. The predicted molar refractivity (Wildman–Crippen MR) is 96.8 cm³/mol. The summed E-state index contributed by atoms with van der Waals surface area (Å²) in [5.41, 5.74) is 9.42. The molecule has 1 amide bonds. The van der Waals surface area contributed by atoms with Gasteiger partial charge in [-0.15, -0.1) is 0 Å². The first-order valence-electron chi connectivity index (χ1n) is 9.80. The highest BCUT2D eigenvalue weighted by Crippen LogP contribution is 2.43. The Morgan fingerprint density at radius 1 is 1.17 bits per heavy atom. The highest BCUT2D eigenvalue weighted by molar-refractivity contribution is 5.77. The molecule has 24 heavy (non-hydrogen) atoms. The zero-order chi connectivity index (χ0) is 16.6. The van der Waals surface area contributed by atoms with Gasteiger partial charge in [0.2, 0.25) is 5.91 Å². The Hall–Kier alpha value is -1.35. The van der Waals surface area contributed by atoms with E-state index in [4.69, 9.17) is 5.73 Å². The molecule has 1 heterocycles. The minimum atomic E-state index is 0.209. The van der Waals surface area contributed by atoms with Gasteiger partial charge in [-0.1, -0.05) is 30.7 Å². The SMILES string of the molecule is N[C@@H]1CCC[C@H]1CC(=O)N1CCCC2(CCCc3ccccc32)C1. The van der Waals surface area contributed by atoms with Gasteiger partial charge in [-0.25, -0.2) is 0 Å². The summed E-state index contributed by atoms with van der Waals surface area (Å²) in [5.74, 6) is 0.758. The summed E-state index contributed by atoms with van der Waals surface area (Å²) in [7, 11) is 0. The first-order valence-corrected chi connectivity index (χ1v) is 9.80. The Kier molecular flexibility index (Phi) is 4.38. The average molecular weight is 326 g/mol. The number of amides is 1. The van der Waals surface area contributed by atoms with Gasteiger partial charge in [-0.05, 0) is 62.0 Å². The van der Waals surface area contributed by atoms with E-state index in [-0.39, 0.29) is 11.5 Å². The number of carbonyl (C=O) groups is 1. The molecule has 3 heteroatoms. The number of likely N-dealkylation sites (tertiary alicyclic amines) is 1. The van der Waals surface area contributed by atoms with Crippen LogP contribution in [0.25, 0.3) is 0 Å². The van der Waals surface area contributed by atoms with Crippen LogP contribution in [0, 0.1) is 5.92 Å². The molecular weight excluding hydrogens is 296 g/mol. The van der Waals surface area contributed by atoms with Crippen molar-refractivity contribution in [1.29, 1.82) is 0 Å². The van der Waals surface area contributed by atoms with Crippen molar-refractivity contribution in [2.45, 2.75) is 69.2 Å². The quantitative estimate of drug-likeness (QED) is 0.905. The molecule has 0 bridgehead atoms. The summed E-state index contributed by atoms with van der Waals surface area (Å²) in [5, 5.41) is 0. The Morgan fingerprint density at radius 2 is 2.00 bits per heavy atom. The maximum absolute atomic E-state index is 12.9. The fraction of sp³-hybridized carbons (Fsp3) is 0.667. The number of fused-ring (bicyclic) bond motifs is 2. The van der Waals surface area contributed by atoms with Crippen LogP contribution in [0.2, 0.25) is 0 Å². The van der Waals surface area contributed by atoms with Crippen molar-refractivity contribution in [3.63, 3.8) is 0 Å². The van der Waals surface area contributed by atoms with E-state index in [2.05, 4.69) is 29.2 Å². The molecule has 130 valence electrons. The van der Waals surface area contributed by atoms with Crippen LogP contribution in [0.3, 0.4) is 0 Å². The maximum atomic E-state index is 12.9. The van der Waals surface area contributed by atoms with Crippen LogP contribution in [0.15, 0.2) is 24.3 Å². The van der Waals surface area contributed by atoms with Crippen molar-refractivity contribution in [1.82, 2.24) is 4.90 Å². The molecular formula is C21H30N2O. The molecule has 3 atom stereocenters. The summed E-state index contributed by atoms with van der Waals surface area (Å²) in [4.78, 5) is 15.1. The summed E-state index contributed by atoms with van der Waals surface area (Å²) < 4.78 is 0. The average Bonchev–Trinajstić information content (AvgIpc) is 3.00. The third-order valence-electron chi connectivity index (χ3n) is 6.77. The summed E-state index contributed by atoms with van der Waals surface area (Å²) in [6.07, 6.45) is 10.1. The lowest BCUT2D eigenvalue weighted by Crippen LogP contribution is -2.50. The summed E-state index contributed by atoms with van der Waals surface area (Å²) in [6, 6.07) is 9.17. The molecule has 3 aliphatic rings. The second-order valence-corrected chi connectivity index (χ2v) is 8.27.